The Labute approximate surface area is 217 Å². The number of likely N-dealkylation sites (N-methyl/N-ethyl adjacent to an activating group) is 1. The Hall–Kier alpha value is -3.36. The molecule has 0 spiro atoms. The zero-order valence-electron chi connectivity index (χ0n) is 20.5. The van der Waals surface area contributed by atoms with E-state index in [9.17, 15) is 18.0 Å². The molecule has 1 N–H and O–H groups in total. The SMILES string of the molecule is CCNC(=O)C(C)N(Cc1ccccc1)C(=O)CN(c1ccccc1C)S(=O)(=O)c1ccc(Cl)cc1. The van der Waals surface area contributed by atoms with E-state index in [1.807, 2.05) is 30.3 Å². The Balaban J connectivity index is 2.03. The predicted octanol–water partition coefficient (Wildman–Crippen LogP) is 4.40. The van der Waals surface area contributed by atoms with Crippen molar-refractivity contribution in [1.29, 1.82) is 0 Å². The number of carbonyl (C=O) groups is 2. The third-order valence-electron chi connectivity index (χ3n) is 5.78. The van der Waals surface area contributed by atoms with Crippen molar-refractivity contribution in [2.75, 3.05) is 17.4 Å². The van der Waals surface area contributed by atoms with Gasteiger partial charge in [-0.1, -0.05) is 60.1 Å². The van der Waals surface area contributed by atoms with Crippen LogP contribution in [0, 0.1) is 6.92 Å². The molecule has 0 heterocycles. The van der Waals surface area contributed by atoms with E-state index in [-0.39, 0.29) is 17.3 Å². The number of rotatable bonds is 10. The minimum Gasteiger partial charge on any atom is -0.355 e. The fourth-order valence-electron chi connectivity index (χ4n) is 3.78. The van der Waals surface area contributed by atoms with Gasteiger partial charge in [-0.25, -0.2) is 8.42 Å². The molecular formula is C27H30ClN3O4S. The minimum atomic E-state index is -4.12. The van der Waals surface area contributed by atoms with Gasteiger partial charge in [0.1, 0.15) is 12.6 Å². The van der Waals surface area contributed by atoms with Crippen molar-refractivity contribution in [3.05, 3.63) is 95.0 Å². The van der Waals surface area contributed by atoms with Crippen LogP contribution in [0.4, 0.5) is 5.69 Å². The van der Waals surface area contributed by atoms with Crippen molar-refractivity contribution in [1.82, 2.24) is 10.2 Å². The highest BCUT2D eigenvalue weighted by Crippen LogP contribution is 2.28. The van der Waals surface area contributed by atoms with Crippen molar-refractivity contribution >= 4 is 39.1 Å². The number of aryl methyl sites for hydroxylation is 1. The largest absolute Gasteiger partial charge is 0.355 e. The summed E-state index contributed by atoms with van der Waals surface area (Å²) in [5.74, 6) is -0.817. The lowest BCUT2D eigenvalue weighted by Gasteiger charge is -2.32. The van der Waals surface area contributed by atoms with Crippen molar-refractivity contribution in [3.63, 3.8) is 0 Å². The van der Waals surface area contributed by atoms with E-state index in [1.54, 1.807) is 45.0 Å². The summed E-state index contributed by atoms with van der Waals surface area (Å²) in [6.45, 7) is 5.30. The molecule has 1 atom stereocenters. The van der Waals surface area contributed by atoms with Crippen LogP contribution in [0.3, 0.4) is 0 Å². The molecule has 3 aromatic carbocycles. The molecule has 0 radical (unpaired) electrons. The molecule has 1 unspecified atom stereocenters. The lowest BCUT2D eigenvalue weighted by molar-refractivity contribution is -0.139. The highest BCUT2D eigenvalue weighted by atomic mass is 35.5. The maximum absolute atomic E-state index is 13.8. The highest BCUT2D eigenvalue weighted by molar-refractivity contribution is 7.92. The molecular weight excluding hydrogens is 498 g/mol. The number of anilines is 1. The molecule has 0 aliphatic heterocycles. The Bertz CT molecular complexity index is 1300. The molecule has 7 nitrogen and oxygen atoms in total. The number of sulfonamides is 1. The van der Waals surface area contributed by atoms with Gasteiger partial charge >= 0.3 is 0 Å². The Morgan fingerprint density at radius 1 is 0.944 bits per heavy atom. The number of hydrogen-bond acceptors (Lipinski definition) is 4. The highest BCUT2D eigenvalue weighted by Gasteiger charge is 2.32. The maximum atomic E-state index is 13.8. The monoisotopic (exact) mass is 527 g/mol. The molecule has 0 aliphatic rings. The van der Waals surface area contributed by atoms with Gasteiger partial charge in [-0.2, -0.15) is 0 Å². The summed E-state index contributed by atoms with van der Waals surface area (Å²) < 4.78 is 28.6. The number of halogens is 1. The van der Waals surface area contributed by atoms with E-state index in [0.717, 1.165) is 9.87 Å². The third kappa shape index (κ3) is 6.44. The second kappa shape index (κ2) is 12.1. The second-order valence-corrected chi connectivity index (χ2v) is 10.6. The van der Waals surface area contributed by atoms with Crippen molar-refractivity contribution in [2.24, 2.45) is 0 Å². The average Bonchev–Trinajstić information content (AvgIpc) is 2.87. The van der Waals surface area contributed by atoms with E-state index in [1.165, 1.54) is 29.2 Å². The van der Waals surface area contributed by atoms with Crippen LogP contribution in [0.2, 0.25) is 5.02 Å². The lowest BCUT2D eigenvalue weighted by atomic mass is 10.1. The second-order valence-electron chi connectivity index (χ2n) is 8.33. The quantitative estimate of drug-likeness (QED) is 0.423. The summed E-state index contributed by atoms with van der Waals surface area (Å²) in [7, 11) is -4.12. The average molecular weight is 528 g/mol. The van der Waals surface area contributed by atoms with Crippen LogP contribution in [0.1, 0.15) is 25.0 Å². The first kappa shape index (κ1) is 27.2. The molecule has 2 amide bonds. The predicted molar refractivity (Wildman–Crippen MR) is 142 cm³/mol. The van der Waals surface area contributed by atoms with E-state index >= 15 is 0 Å². The summed E-state index contributed by atoms with van der Waals surface area (Å²) in [5, 5.41) is 3.14. The molecule has 9 heteroatoms. The number of carbonyl (C=O) groups excluding carboxylic acids is 2. The van der Waals surface area contributed by atoms with Gasteiger partial charge in [-0.3, -0.25) is 13.9 Å². The number of nitrogens with one attached hydrogen (secondary N) is 1. The molecule has 0 saturated heterocycles. The Kier molecular flexibility index (Phi) is 9.12. The first-order chi connectivity index (χ1) is 17.1. The molecule has 0 aromatic heterocycles. The van der Waals surface area contributed by atoms with E-state index in [4.69, 9.17) is 11.6 Å². The van der Waals surface area contributed by atoms with Crippen molar-refractivity contribution < 1.29 is 18.0 Å². The first-order valence-electron chi connectivity index (χ1n) is 11.6. The number of amides is 2. The number of benzene rings is 3. The Morgan fingerprint density at radius 2 is 1.56 bits per heavy atom. The van der Waals surface area contributed by atoms with Gasteiger partial charge in [-0.05, 0) is 62.2 Å². The zero-order valence-corrected chi connectivity index (χ0v) is 22.1. The fraction of sp³-hybridized carbons (Fsp3) is 0.259. The summed E-state index contributed by atoms with van der Waals surface area (Å²) in [6, 6.07) is 21.2. The van der Waals surface area contributed by atoms with Crippen LogP contribution in [-0.4, -0.2) is 44.3 Å². The zero-order chi connectivity index (χ0) is 26.3. The molecule has 0 saturated carbocycles. The molecule has 0 aliphatic carbocycles. The van der Waals surface area contributed by atoms with Gasteiger partial charge in [0.2, 0.25) is 11.8 Å². The molecule has 0 bridgehead atoms. The van der Waals surface area contributed by atoms with E-state index in [0.29, 0.717) is 22.8 Å². The van der Waals surface area contributed by atoms with Gasteiger partial charge in [0.05, 0.1) is 10.6 Å². The molecule has 3 aromatic rings. The van der Waals surface area contributed by atoms with Crippen molar-refractivity contribution in [2.45, 2.75) is 38.3 Å². The van der Waals surface area contributed by atoms with Gasteiger partial charge in [0.15, 0.2) is 0 Å². The van der Waals surface area contributed by atoms with E-state index in [2.05, 4.69) is 5.32 Å². The van der Waals surface area contributed by atoms with Crippen molar-refractivity contribution in [3.8, 4) is 0 Å². The third-order valence-corrected chi connectivity index (χ3v) is 7.80. The van der Waals surface area contributed by atoms with Gasteiger partial charge in [0, 0.05) is 18.1 Å². The summed E-state index contributed by atoms with van der Waals surface area (Å²) in [4.78, 5) is 27.8. The molecule has 3 rings (SSSR count). The lowest BCUT2D eigenvalue weighted by Crippen LogP contribution is -2.51. The van der Waals surface area contributed by atoms with Crippen LogP contribution in [-0.2, 0) is 26.2 Å². The standard InChI is InChI=1S/C27H30ClN3O4S/c1-4-29-27(33)21(3)30(18-22-11-6-5-7-12-22)26(32)19-31(25-13-9-8-10-20(25)2)36(34,35)24-16-14-23(28)15-17-24/h5-17,21H,4,18-19H2,1-3H3,(H,29,33). The number of nitrogens with zero attached hydrogens (tertiary/aromatic N) is 2. The molecule has 0 fully saturated rings. The van der Waals surface area contributed by atoms with Crippen LogP contribution in [0.5, 0.6) is 0 Å². The topological polar surface area (TPSA) is 86.8 Å². The fourth-order valence-corrected chi connectivity index (χ4v) is 5.38. The van der Waals surface area contributed by atoms with E-state index < -0.39 is 28.5 Å². The van der Waals surface area contributed by atoms with Crippen LogP contribution < -0.4 is 9.62 Å². The van der Waals surface area contributed by atoms with Crippen LogP contribution in [0.25, 0.3) is 0 Å². The number of para-hydroxylation sites is 1. The van der Waals surface area contributed by atoms with Gasteiger partial charge < -0.3 is 10.2 Å². The van der Waals surface area contributed by atoms with Gasteiger partial charge in [0.25, 0.3) is 10.0 Å². The normalized spacial score (nSPS) is 12.0. The first-order valence-corrected chi connectivity index (χ1v) is 13.4. The van der Waals surface area contributed by atoms with Crippen LogP contribution in [0.15, 0.2) is 83.8 Å². The number of hydrogen-bond donors (Lipinski definition) is 1. The summed E-state index contributed by atoms with van der Waals surface area (Å²) in [5.41, 5.74) is 1.89. The molecule has 36 heavy (non-hydrogen) atoms. The van der Waals surface area contributed by atoms with Gasteiger partial charge in [-0.15, -0.1) is 0 Å². The summed E-state index contributed by atoms with van der Waals surface area (Å²) >= 11 is 5.97. The Morgan fingerprint density at radius 3 is 2.17 bits per heavy atom. The molecule has 190 valence electrons. The van der Waals surface area contributed by atoms with Crippen LogP contribution >= 0.6 is 11.6 Å². The minimum absolute atomic E-state index is 0.00865. The smallest absolute Gasteiger partial charge is 0.264 e. The maximum Gasteiger partial charge on any atom is 0.264 e. The summed E-state index contributed by atoms with van der Waals surface area (Å²) in [6.07, 6.45) is 0.